The lowest BCUT2D eigenvalue weighted by atomic mass is 10.1. The Labute approximate surface area is 245 Å². The van der Waals surface area contributed by atoms with Gasteiger partial charge < -0.3 is 24.6 Å². The van der Waals surface area contributed by atoms with Crippen LogP contribution in [0.5, 0.6) is 5.75 Å². The number of amidine groups is 1. The number of ether oxygens (including phenoxy) is 3. The Morgan fingerprint density at radius 3 is 2.07 bits per heavy atom. The van der Waals surface area contributed by atoms with E-state index in [1.54, 1.807) is 90.1 Å². The molecule has 222 valence electrons. The van der Waals surface area contributed by atoms with E-state index in [1.165, 1.54) is 0 Å². The number of carbonyl (C=O) groups is 3. The molecule has 3 rings (SSSR count). The summed E-state index contributed by atoms with van der Waals surface area (Å²) >= 11 is 0. The van der Waals surface area contributed by atoms with E-state index in [2.05, 4.69) is 15.6 Å². The van der Waals surface area contributed by atoms with Crippen molar-refractivity contribution in [2.75, 3.05) is 5.32 Å². The number of rotatable bonds is 8. The second-order valence-corrected chi connectivity index (χ2v) is 11.4. The van der Waals surface area contributed by atoms with Crippen LogP contribution in [-0.2, 0) is 20.9 Å². The van der Waals surface area contributed by atoms with E-state index in [1.807, 2.05) is 30.3 Å². The largest absolute Gasteiger partial charge is 0.489 e. The summed E-state index contributed by atoms with van der Waals surface area (Å²) < 4.78 is 16.4. The van der Waals surface area contributed by atoms with E-state index < -0.39 is 35.4 Å². The number of carboxylic acids is 1. The van der Waals surface area contributed by atoms with Crippen molar-refractivity contribution < 1.29 is 33.7 Å². The van der Waals surface area contributed by atoms with Crippen LogP contribution in [0.2, 0.25) is 0 Å². The standard InChI is InChI=1S/C32H37N3O7/c1-31(2,3)41-29(38)34-27(35-30(39)42-32(4,5)6)22-15-17-24(18-16-22)33-26(28(36)37)23-13-10-14-25(19-23)40-20-21-11-8-7-9-12-21/h7-19,26,33H,20H2,1-6H3,(H,36,37)(H,34,35,38,39). The predicted molar refractivity (Wildman–Crippen MR) is 160 cm³/mol. The van der Waals surface area contributed by atoms with Crippen molar-refractivity contribution in [2.24, 2.45) is 4.99 Å². The third-order valence-electron chi connectivity index (χ3n) is 5.37. The number of hydrogen-bond donors (Lipinski definition) is 3. The average molecular weight is 576 g/mol. The number of nitrogens with zero attached hydrogens (tertiary/aromatic N) is 1. The Morgan fingerprint density at radius 2 is 1.48 bits per heavy atom. The monoisotopic (exact) mass is 575 g/mol. The van der Waals surface area contributed by atoms with Crippen LogP contribution in [0.1, 0.15) is 64.3 Å². The molecule has 0 spiro atoms. The molecule has 0 aliphatic heterocycles. The average Bonchev–Trinajstić information content (AvgIpc) is 2.89. The number of anilines is 1. The number of nitrogens with one attached hydrogen (secondary N) is 2. The van der Waals surface area contributed by atoms with Gasteiger partial charge in [0.2, 0.25) is 0 Å². The van der Waals surface area contributed by atoms with Gasteiger partial charge in [-0.15, -0.1) is 0 Å². The van der Waals surface area contributed by atoms with Crippen LogP contribution >= 0.6 is 0 Å². The van der Waals surface area contributed by atoms with Crippen molar-refractivity contribution >= 4 is 29.7 Å². The molecule has 3 aromatic rings. The van der Waals surface area contributed by atoms with Gasteiger partial charge in [-0.2, -0.15) is 4.99 Å². The molecule has 0 radical (unpaired) electrons. The van der Waals surface area contributed by atoms with Crippen molar-refractivity contribution in [1.82, 2.24) is 5.32 Å². The third kappa shape index (κ3) is 10.6. The summed E-state index contributed by atoms with van der Waals surface area (Å²) in [4.78, 5) is 41.0. The minimum atomic E-state index is -1.09. The number of carboxylic acid groups (broad SMARTS) is 1. The molecule has 0 aliphatic rings. The summed E-state index contributed by atoms with van der Waals surface area (Å²) in [6.45, 7) is 10.6. The molecule has 0 saturated heterocycles. The molecule has 0 heterocycles. The molecule has 1 unspecified atom stereocenters. The predicted octanol–water partition coefficient (Wildman–Crippen LogP) is 6.71. The summed E-state index contributed by atoms with van der Waals surface area (Å²) in [6, 6.07) is 21.9. The summed E-state index contributed by atoms with van der Waals surface area (Å²) in [5.74, 6) is -0.628. The molecule has 1 atom stereocenters. The zero-order chi connectivity index (χ0) is 30.9. The van der Waals surface area contributed by atoms with Gasteiger partial charge in [0.1, 0.15) is 29.4 Å². The highest BCUT2D eigenvalue weighted by atomic mass is 16.6. The van der Waals surface area contributed by atoms with Crippen LogP contribution in [0.3, 0.4) is 0 Å². The topological polar surface area (TPSA) is 136 Å². The molecule has 3 N–H and O–H groups in total. The smallest absolute Gasteiger partial charge is 0.436 e. The lowest BCUT2D eigenvalue weighted by Gasteiger charge is -2.21. The quantitative estimate of drug-likeness (QED) is 0.199. The van der Waals surface area contributed by atoms with Gasteiger partial charge in [-0.05, 0) is 89.1 Å². The second-order valence-electron chi connectivity index (χ2n) is 11.4. The fourth-order valence-electron chi connectivity index (χ4n) is 3.64. The zero-order valence-corrected chi connectivity index (χ0v) is 24.6. The van der Waals surface area contributed by atoms with Crippen LogP contribution in [0.4, 0.5) is 15.3 Å². The second kappa shape index (κ2) is 13.7. The fourth-order valence-corrected chi connectivity index (χ4v) is 3.64. The lowest BCUT2D eigenvalue weighted by molar-refractivity contribution is -0.138. The zero-order valence-electron chi connectivity index (χ0n) is 24.6. The first-order chi connectivity index (χ1) is 19.7. The van der Waals surface area contributed by atoms with Crippen molar-refractivity contribution in [3.05, 3.63) is 95.6 Å². The van der Waals surface area contributed by atoms with E-state index in [9.17, 15) is 19.5 Å². The molecule has 0 aliphatic carbocycles. The first-order valence-corrected chi connectivity index (χ1v) is 13.4. The Kier molecular flexibility index (Phi) is 10.3. The summed E-state index contributed by atoms with van der Waals surface area (Å²) in [6.07, 6.45) is -1.69. The van der Waals surface area contributed by atoms with Crippen molar-refractivity contribution in [3.8, 4) is 5.75 Å². The highest BCUT2D eigenvalue weighted by molar-refractivity contribution is 6.10. The number of alkyl carbamates (subject to hydrolysis) is 1. The van der Waals surface area contributed by atoms with Gasteiger partial charge in [0.15, 0.2) is 6.04 Å². The summed E-state index contributed by atoms with van der Waals surface area (Å²) in [5, 5.41) is 15.5. The highest BCUT2D eigenvalue weighted by Gasteiger charge is 2.23. The van der Waals surface area contributed by atoms with E-state index in [0.717, 1.165) is 5.56 Å². The summed E-state index contributed by atoms with van der Waals surface area (Å²) in [5.41, 5.74) is 0.782. The molecule has 3 aromatic carbocycles. The van der Waals surface area contributed by atoms with Crippen molar-refractivity contribution in [3.63, 3.8) is 0 Å². The first kappa shape index (κ1) is 31.7. The Morgan fingerprint density at radius 1 is 0.833 bits per heavy atom. The third-order valence-corrected chi connectivity index (χ3v) is 5.37. The number of aliphatic imine (C=N–C) groups is 1. The Bertz CT molecular complexity index is 1410. The summed E-state index contributed by atoms with van der Waals surface area (Å²) in [7, 11) is 0. The lowest BCUT2D eigenvalue weighted by Crippen LogP contribution is -2.37. The molecular formula is C32H37N3O7. The molecule has 0 saturated carbocycles. The van der Waals surface area contributed by atoms with Gasteiger partial charge in [0.05, 0.1) is 0 Å². The van der Waals surface area contributed by atoms with Gasteiger partial charge in [-0.25, -0.2) is 14.4 Å². The molecule has 0 fully saturated rings. The molecular weight excluding hydrogens is 538 g/mol. The number of aliphatic carboxylic acids is 1. The van der Waals surface area contributed by atoms with Gasteiger partial charge in [-0.1, -0.05) is 42.5 Å². The van der Waals surface area contributed by atoms with Gasteiger partial charge >= 0.3 is 18.2 Å². The molecule has 10 nitrogen and oxygen atoms in total. The number of amides is 2. The van der Waals surface area contributed by atoms with E-state index in [4.69, 9.17) is 14.2 Å². The van der Waals surface area contributed by atoms with Crippen molar-refractivity contribution in [1.29, 1.82) is 0 Å². The van der Waals surface area contributed by atoms with Crippen LogP contribution in [0.15, 0.2) is 83.9 Å². The van der Waals surface area contributed by atoms with Gasteiger partial charge in [-0.3, -0.25) is 5.32 Å². The van der Waals surface area contributed by atoms with E-state index in [0.29, 0.717) is 29.2 Å². The maximum absolute atomic E-state index is 12.5. The number of hydrogen-bond acceptors (Lipinski definition) is 7. The molecule has 2 amide bonds. The highest BCUT2D eigenvalue weighted by Crippen LogP contribution is 2.25. The molecule has 10 heteroatoms. The maximum atomic E-state index is 12.5. The first-order valence-electron chi connectivity index (χ1n) is 13.4. The molecule has 0 bridgehead atoms. The maximum Gasteiger partial charge on any atom is 0.436 e. The van der Waals surface area contributed by atoms with Crippen LogP contribution in [0, 0.1) is 0 Å². The minimum Gasteiger partial charge on any atom is -0.489 e. The van der Waals surface area contributed by atoms with Crippen LogP contribution in [0.25, 0.3) is 0 Å². The normalized spacial score (nSPS) is 12.6. The number of benzene rings is 3. The minimum absolute atomic E-state index is 0.0805. The van der Waals surface area contributed by atoms with Crippen LogP contribution in [-0.4, -0.2) is 40.3 Å². The van der Waals surface area contributed by atoms with E-state index >= 15 is 0 Å². The molecule has 0 aromatic heterocycles. The van der Waals surface area contributed by atoms with Gasteiger partial charge in [0.25, 0.3) is 0 Å². The molecule has 42 heavy (non-hydrogen) atoms. The Hall–Kier alpha value is -4.86. The van der Waals surface area contributed by atoms with Crippen LogP contribution < -0.4 is 15.4 Å². The van der Waals surface area contributed by atoms with Crippen molar-refractivity contribution in [2.45, 2.75) is 65.4 Å². The Balaban J connectivity index is 1.79. The van der Waals surface area contributed by atoms with Gasteiger partial charge in [0, 0.05) is 11.3 Å². The SMILES string of the molecule is CC(C)(C)OC(=O)/N=C(/NC(=O)OC(C)(C)C)c1ccc(NC(C(=O)O)c2cccc(OCc3ccccc3)c2)cc1. The van der Waals surface area contributed by atoms with E-state index in [-0.39, 0.29) is 5.84 Å². The fraction of sp³-hybridized carbons (Fsp3) is 0.312. The number of carbonyl (C=O) groups excluding carboxylic acids is 2.